The Balaban J connectivity index is 3.27. The highest BCUT2D eigenvalue weighted by atomic mass is 35.5. The monoisotopic (exact) mass is 207 g/mol. The first-order valence-electron chi connectivity index (χ1n) is 3.59. The molecular formula is C8H8ClF2NO. The first kappa shape index (κ1) is 10.2. The van der Waals surface area contributed by atoms with E-state index in [9.17, 15) is 13.9 Å². The van der Waals surface area contributed by atoms with Crippen LogP contribution in [0.1, 0.15) is 23.2 Å². The van der Waals surface area contributed by atoms with E-state index < -0.39 is 17.9 Å². The van der Waals surface area contributed by atoms with E-state index in [1.54, 1.807) is 6.92 Å². The van der Waals surface area contributed by atoms with Gasteiger partial charge >= 0.3 is 0 Å². The molecule has 0 aliphatic carbocycles. The van der Waals surface area contributed by atoms with Gasteiger partial charge < -0.3 is 5.11 Å². The van der Waals surface area contributed by atoms with Crippen LogP contribution in [-0.4, -0.2) is 10.1 Å². The van der Waals surface area contributed by atoms with E-state index in [1.807, 2.05) is 0 Å². The van der Waals surface area contributed by atoms with Crippen molar-refractivity contribution in [3.8, 4) is 5.75 Å². The molecule has 1 N–H and O–H groups in total. The Labute approximate surface area is 79.2 Å². The molecule has 0 unspecified atom stereocenters. The zero-order valence-electron chi connectivity index (χ0n) is 6.89. The van der Waals surface area contributed by atoms with Crippen LogP contribution in [0, 0.1) is 6.92 Å². The highest BCUT2D eigenvalue weighted by molar-refractivity contribution is 6.17. The van der Waals surface area contributed by atoms with Crippen molar-refractivity contribution in [2.24, 2.45) is 0 Å². The van der Waals surface area contributed by atoms with Gasteiger partial charge in [0.15, 0.2) is 0 Å². The summed E-state index contributed by atoms with van der Waals surface area (Å²) < 4.78 is 24.4. The molecule has 0 aliphatic rings. The molecule has 1 aromatic rings. The van der Waals surface area contributed by atoms with Gasteiger partial charge in [-0.05, 0) is 12.5 Å². The smallest absolute Gasteiger partial charge is 0.284 e. The Morgan fingerprint density at radius 3 is 2.69 bits per heavy atom. The number of nitrogens with zero attached hydrogens (tertiary/aromatic N) is 1. The maximum atomic E-state index is 12.2. The fraction of sp³-hybridized carbons (Fsp3) is 0.375. The van der Waals surface area contributed by atoms with E-state index in [2.05, 4.69) is 4.98 Å². The van der Waals surface area contributed by atoms with Crippen LogP contribution in [0.4, 0.5) is 8.78 Å². The van der Waals surface area contributed by atoms with Gasteiger partial charge in [0.2, 0.25) is 0 Å². The number of pyridine rings is 1. The minimum absolute atomic E-state index is 0.0000926. The molecule has 0 fully saturated rings. The number of hydrogen-bond acceptors (Lipinski definition) is 2. The van der Waals surface area contributed by atoms with E-state index >= 15 is 0 Å². The van der Waals surface area contributed by atoms with Crippen molar-refractivity contribution in [1.82, 2.24) is 4.98 Å². The van der Waals surface area contributed by atoms with E-state index in [4.69, 9.17) is 11.6 Å². The summed E-state index contributed by atoms with van der Waals surface area (Å²) in [5.74, 6) is -0.495. The van der Waals surface area contributed by atoms with Crippen LogP contribution in [0.25, 0.3) is 0 Å². The Morgan fingerprint density at radius 2 is 2.23 bits per heavy atom. The molecule has 2 nitrogen and oxygen atoms in total. The predicted molar refractivity (Wildman–Crippen MR) is 45.2 cm³/mol. The van der Waals surface area contributed by atoms with Crippen LogP contribution in [-0.2, 0) is 5.88 Å². The second-order valence-electron chi connectivity index (χ2n) is 2.59. The molecule has 0 aliphatic heterocycles. The highest BCUT2D eigenvalue weighted by Gasteiger charge is 2.18. The second-order valence-corrected chi connectivity index (χ2v) is 2.86. The van der Waals surface area contributed by atoms with Gasteiger partial charge in [0, 0.05) is 11.8 Å². The number of alkyl halides is 3. The van der Waals surface area contributed by atoms with Crippen LogP contribution in [0.5, 0.6) is 5.75 Å². The van der Waals surface area contributed by atoms with Crippen LogP contribution in [0.2, 0.25) is 0 Å². The molecule has 5 heteroatoms. The van der Waals surface area contributed by atoms with Crippen LogP contribution in [0.15, 0.2) is 6.20 Å². The molecular weight excluding hydrogens is 200 g/mol. The van der Waals surface area contributed by atoms with Crippen molar-refractivity contribution >= 4 is 11.6 Å². The maximum absolute atomic E-state index is 12.2. The average Bonchev–Trinajstić information content (AvgIpc) is 2.04. The molecule has 13 heavy (non-hydrogen) atoms. The zero-order valence-corrected chi connectivity index (χ0v) is 7.65. The average molecular weight is 208 g/mol. The number of aromatic hydroxyl groups is 1. The van der Waals surface area contributed by atoms with Crippen molar-refractivity contribution in [2.75, 3.05) is 0 Å². The Kier molecular flexibility index (Phi) is 3.03. The molecule has 0 bridgehead atoms. The lowest BCUT2D eigenvalue weighted by molar-refractivity contribution is 0.141. The van der Waals surface area contributed by atoms with E-state index in [0.29, 0.717) is 11.1 Å². The molecule has 0 radical (unpaired) electrons. The fourth-order valence-corrected chi connectivity index (χ4v) is 1.31. The first-order valence-corrected chi connectivity index (χ1v) is 4.12. The van der Waals surface area contributed by atoms with Crippen molar-refractivity contribution in [1.29, 1.82) is 0 Å². The number of aromatic nitrogens is 1. The SMILES string of the molecule is Cc1cnc(C(F)F)c(O)c1CCl. The van der Waals surface area contributed by atoms with E-state index in [0.717, 1.165) is 0 Å². The third kappa shape index (κ3) is 1.88. The van der Waals surface area contributed by atoms with Gasteiger partial charge in [-0.25, -0.2) is 8.78 Å². The molecule has 1 aromatic heterocycles. The molecule has 1 rings (SSSR count). The lowest BCUT2D eigenvalue weighted by Crippen LogP contribution is -1.96. The van der Waals surface area contributed by atoms with E-state index in [1.165, 1.54) is 6.20 Å². The van der Waals surface area contributed by atoms with Gasteiger partial charge in [0.25, 0.3) is 6.43 Å². The largest absolute Gasteiger partial charge is 0.505 e. The second kappa shape index (κ2) is 3.87. The van der Waals surface area contributed by atoms with E-state index in [-0.39, 0.29) is 5.88 Å². The Hall–Kier alpha value is -0.900. The third-order valence-electron chi connectivity index (χ3n) is 1.74. The summed E-state index contributed by atoms with van der Waals surface area (Å²) in [4.78, 5) is 3.43. The van der Waals surface area contributed by atoms with Crippen LogP contribution in [0.3, 0.4) is 0 Å². The summed E-state index contributed by atoms with van der Waals surface area (Å²) in [5.41, 5.74) is 0.310. The standard InChI is InChI=1S/C8H8ClF2NO/c1-4-3-12-6(8(10)11)7(13)5(4)2-9/h3,8,13H,2H2,1H3. The molecule has 0 saturated carbocycles. The summed E-state index contributed by atoms with van der Waals surface area (Å²) in [6.07, 6.45) is -1.50. The Bertz CT molecular complexity index is 317. The van der Waals surface area contributed by atoms with Gasteiger partial charge in [-0.2, -0.15) is 0 Å². The topological polar surface area (TPSA) is 33.1 Å². The predicted octanol–water partition coefficient (Wildman–Crippen LogP) is 2.77. The van der Waals surface area contributed by atoms with Gasteiger partial charge in [-0.15, -0.1) is 11.6 Å². The van der Waals surface area contributed by atoms with Gasteiger partial charge in [-0.1, -0.05) is 0 Å². The van der Waals surface area contributed by atoms with Crippen molar-refractivity contribution in [3.63, 3.8) is 0 Å². The minimum Gasteiger partial charge on any atom is -0.505 e. The highest BCUT2D eigenvalue weighted by Crippen LogP contribution is 2.31. The molecule has 0 aromatic carbocycles. The number of rotatable bonds is 2. The lowest BCUT2D eigenvalue weighted by atomic mass is 10.1. The lowest BCUT2D eigenvalue weighted by Gasteiger charge is -2.08. The molecule has 72 valence electrons. The van der Waals surface area contributed by atoms with Crippen LogP contribution < -0.4 is 0 Å². The number of halogens is 3. The quantitative estimate of drug-likeness (QED) is 0.757. The summed E-state index contributed by atoms with van der Waals surface area (Å²) in [7, 11) is 0. The summed E-state index contributed by atoms with van der Waals surface area (Å²) in [6, 6.07) is 0. The number of aryl methyl sites for hydroxylation is 1. The van der Waals surface area contributed by atoms with Gasteiger partial charge in [-0.3, -0.25) is 4.98 Å². The van der Waals surface area contributed by atoms with Gasteiger partial charge in [0.05, 0.1) is 5.88 Å². The summed E-state index contributed by atoms with van der Waals surface area (Å²) in [6.45, 7) is 1.65. The van der Waals surface area contributed by atoms with Crippen molar-refractivity contribution in [3.05, 3.63) is 23.0 Å². The minimum atomic E-state index is -2.78. The van der Waals surface area contributed by atoms with Crippen molar-refractivity contribution < 1.29 is 13.9 Å². The summed E-state index contributed by atoms with van der Waals surface area (Å²) >= 11 is 5.48. The normalized spacial score (nSPS) is 10.8. The molecule has 0 amide bonds. The molecule has 0 spiro atoms. The molecule has 0 saturated heterocycles. The third-order valence-corrected chi connectivity index (χ3v) is 2.01. The Morgan fingerprint density at radius 1 is 1.62 bits per heavy atom. The molecule has 0 atom stereocenters. The zero-order chi connectivity index (χ0) is 10.0. The fourth-order valence-electron chi connectivity index (χ4n) is 0.975. The van der Waals surface area contributed by atoms with Crippen LogP contribution >= 0.6 is 11.6 Å². The summed E-state index contributed by atoms with van der Waals surface area (Å²) in [5, 5.41) is 9.31. The van der Waals surface area contributed by atoms with Gasteiger partial charge in [0.1, 0.15) is 11.4 Å². The number of hydrogen-bond donors (Lipinski definition) is 1. The maximum Gasteiger partial charge on any atom is 0.284 e. The first-order chi connectivity index (χ1) is 6.07. The molecule has 1 heterocycles. The van der Waals surface area contributed by atoms with Crippen molar-refractivity contribution in [2.45, 2.75) is 19.2 Å².